The lowest BCUT2D eigenvalue weighted by Gasteiger charge is -2.16. The molecule has 28 heavy (non-hydrogen) atoms. The van der Waals surface area contributed by atoms with Gasteiger partial charge in [-0.3, -0.25) is 14.6 Å². The minimum atomic E-state index is -0.998. The van der Waals surface area contributed by atoms with Crippen molar-refractivity contribution in [3.8, 4) is 11.4 Å². The molecule has 1 amide bonds. The number of aliphatic carboxylic acids is 1. The van der Waals surface area contributed by atoms with Crippen LogP contribution in [0.3, 0.4) is 0 Å². The SMILES string of the molecule is O=C(O)Cn1nc(-c2ccccc2)nc1C1CC(=O)N(Cc2cccnc2)C1. The molecule has 1 aliphatic rings. The second-order valence-corrected chi connectivity index (χ2v) is 6.75. The molecular formula is C20H19N5O3. The number of pyridine rings is 1. The first-order valence-electron chi connectivity index (χ1n) is 8.99. The van der Waals surface area contributed by atoms with Gasteiger partial charge in [0.2, 0.25) is 5.91 Å². The average Bonchev–Trinajstić information content (AvgIpc) is 3.27. The third kappa shape index (κ3) is 3.75. The molecule has 8 heteroatoms. The number of carbonyl (C=O) groups is 2. The summed E-state index contributed by atoms with van der Waals surface area (Å²) in [7, 11) is 0. The minimum absolute atomic E-state index is 0.0139. The third-order valence-electron chi connectivity index (χ3n) is 4.69. The first-order chi connectivity index (χ1) is 13.6. The van der Waals surface area contributed by atoms with Crippen LogP contribution in [0, 0.1) is 0 Å². The van der Waals surface area contributed by atoms with Crippen molar-refractivity contribution in [3.05, 3.63) is 66.2 Å². The van der Waals surface area contributed by atoms with Crippen LogP contribution >= 0.6 is 0 Å². The molecule has 1 fully saturated rings. The fourth-order valence-electron chi connectivity index (χ4n) is 3.42. The molecule has 142 valence electrons. The van der Waals surface area contributed by atoms with Crippen LogP contribution in [0.15, 0.2) is 54.9 Å². The second-order valence-electron chi connectivity index (χ2n) is 6.75. The molecule has 3 aromatic rings. The number of aromatic nitrogens is 4. The van der Waals surface area contributed by atoms with Crippen molar-refractivity contribution in [2.75, 3.05) is 6.54 Å². The molecule has 0 radical (unpaired) electrons. The van der Waals surface area contributed by atoms with Gasteiger partial charge in [0, 0.05) is 43.4 Å². The van der Waals surface area contributed by atoms with Crippen LogP contribution in [-0.2, 0) is 22.7 Å². The summed E-state index contributed by atoms with van der Waals surface area (Å²) in [6.45, 7) is 0.657. The Morgan fingerprint density at radius 2 is 2.00 bits per heavy atom. The summed E-state index contributed by atoms with van der Waals surface area (Å²) in [5.41, 5.74) is 1.76. The van der Waals surface area contributed by atoms with E-state index in [1.807, 2.05) is 42.5 Å². The van der Waals surface area contributed by atoms with Crippen molar-refractivity contribution in [2.45, 2.75) is 25.4 Å². The molecular weight excluding hydrogens is 358 g/mol. The molecule has 0 spiro atoms. The Kier molecular flexibility index (Phi) is 4.84. The maximum atomic E-state index is 12.5. The molecule has 1 aliphatic heterocycles. The summed E-state index contributed by atoms with van der Waals surface area (Å²) in [4.78, 5) is 34.2. The maximum absolute atomic E-state index is 12.5. The fraction of sp³-hybridized carbons (Fsp3) is 0.250. The van der Waals surface area contributed by atoms with Crippen LogP contribution in [0.2, 0.25) is 0 Å². The number of likely N-dealkylation sites (tertiary alicyclic amines) is 1. The highest BCUT2D eigenvalue weighted by Crippen LogP contribution is 2.29. The number of carboxylic acid groups (broad SMARTS) is 1. The van der Waals surface area contributed by atoms with E-state index in [-0.39, 0.29) is 24.8 Å². The summed E-state index contributed by atoms with van der Waals surface area (Å²) < 4.78 is 1.40. The largest absolute Gasteiger partial charge is 0.480 e. The molecule has 0 saturated carbocycles. The van der Waals surface area contributed by atoms with E-state index in [0.29, 0.717) is 24.7 Å². The molecule has 3 heterocycles. The summed E-state index contributed by atoms with van der Waals surface area (Å²) in [5.74, 6) is -0.186. The molecule has 1 atom stereocenters. The molecule has 1 saturated heterocycles. The average molecular weight is 377 g/mol. The Morgan fingerprint density at radius 1 is 1.18 bits per heavy atom. The molecule has 1 unspecified atom stereocenters. The van der Waals surface area contributed by atoms with Crippen molar-refractivity contribution in [2.24, 2.45) is 0 Å². The van der Waals surface area contributed by atoms with Crippen LogP contribution in [0.4, 0.5) is 0 Å². The topological polar surface area (TPSA) is 101 Å². The zero-order valence-electron chi connectivity index (χ0n) is 15.1. The molecule has 1 N–H and O–H groups in total. The van der Waals surface area contributed by atoms with Gasteiger partial charge in [-0.15, -0.1) is 0 Å². The highest BCUT2D eigenvalue weighted by atomic mass is 16.4. The zero-order valence-corrected chi connectivity index (χ0v) is 15.1. The number of benzene rings is 1. The van der Waals surface area contributed by atoms with Gasteiger partial charge in [0.25, 0.3) is 0 Å². The van der Waals surface area contributed by atoms with E-state index >= 15 is 0 Å². The number of nitrogens with zero attached hydrogens (tertiary/aromatic N) is 5. The van der Waals surface area contributed by atoms with E-state index in [2.05, 4.69) is 15.1 Å². The Balaban J connectivity index is 1.60. The van der Waals surface area contributed by atoms with Crippen molar-refractivity contribution in [3.63, 3.8) is 0 Å². The standard InChI is InChI=1S/C20H19N5O3/c26-17-9-16(12-24(17)11-14-5-4-8-21-10-14)20-22-19(15-6-2-1-3-7-15)23-25(20)13-18(27)28/h1-8,10,16H,9,11-13H2,(H,27,28). The Bertz CT molecular complexity index is 988. The lowest BCUT2D eigenvalue weighted by Crippen LogP contribution is -2.25. The first kappa shape index (κ1) is 17.8. The first-order valence-corrected chi connectivity index (χ1v) is 8.99. The normalized spacial score (nSPS) is 16.5. The van der Waals surface area contributed by atoms with Crippen molar-refractivity contribution in [1.29, 1.82) is 0 Å². The Labute approximate surface area is 161 Å². The Morgan fingerprint density at radius 3 is 2.71 bits per heavy atom. The van der Waals surface area contributed by atoms with Gasteiger partial charge in [0.05, 0.1) is 0 Å². The molecule has 0 aliphatic carbocycles. The van der Waals surface area contributed by atoms with Gasteiger partial charge in [-0.05, 0) is 11.6 Å². The van der Waals surface area contributed by atoms with Crippen LogP contribution in [-0.4, -0.2) is 48.2 Å². The Hall–Kier alpha value is -3.55. The number of carboxylic acids is 1. The van der Waals surface area contributed by atoms with Gasteiger partial charge in [-0.25, -0.2) is 9.67 Å². The number of hydrogen-bond donors (Lipinski definition) is 1. The van der Waals surface area contributed by atoms with E-state index in [0.717, 1.165) is 11.1 Å². The number of hydrogen-bond acceptors (Lipinski definition) is 5. The molecule has 8 nitrogen and oxygen atoms in total. The highest BCUT2D eigenvalue weighted by molar-refractivity contribution is 5.79. The van der Waals surface area contributed by atoms with Crippen molar-refractivity contribution >= 4 is 11.9 Å². The minimum Gasteiger partial charge on any atom is -0.480 e. The summed E-state index contributed by atoms with van der Waals surface area (Å²) in [6, 6.07) is 13.2. The van der Waals surface area contributed by atoms with E-state index < -0.39 is 5.97 Å². The van der Waals surface area contributed by atoms with E-state index in [4.69, 9.17) is 0 Å². The summed E-state index contributed by atoms with van der Waals surface area (Å²) >= 11 is 0. The van der Waals surface area contributed by atoms with Crippen LogP contribution in [0.1, 0.15) is 23.7 Å². The van der Waals surface area contributed by atoms with Gasteiger partial charge in [0.15, 0.2) is 5.82 Å². The van der Waals surface area contributed by atoms with E-state index in [1.54, 1.807) is 17.3 Å². The number of amides is 1. The molecule has 1 aromatic carbocycles. The highest BCUT2D eigenvalue weighted by Gasteiger charge is 2.34. The number of carbonyl (C=O) groups excluding carboxylic acids is 1. The van der Waals surface area contributed by atoms with Gasteiger partial charge >= 0.3 is 5.97 Å². The van der Waals surface area contributed by atoms with Crippen LogP contribution in [0.25, 0.3) is 11.4 Å². The molecule has 4 rings (SSSR count). The predicted molar refractivity (Wildman–Crippen MR) is 100 cm³/mol. The van der Waals surface area contributed by atoms with Crippen molar-refractivity contribution < 1.29 is 14.7 Å². The smallest absolute Gasteiger partial charge is 0.325 e. The zero-order chi connectivity index (χ0) is 19.5. The summed E-state index contributed by atoms with van der Waals surface area (Å²) in [6.07, 6.45) is 3.71. The van der Waals surface area contributed by atoms with Gasteiger partial charge < -0.3 is 10.0 Å². The van der Waals surface area contributed by atoms with E-state index in [9.17, 15) is 14.7 Å². The van der Waals surface area contributed by atoms with E-state index in [1.165, 1.54) is 4.68 Å². The lowest BCUT2D eigenvalue weighted by molar-refractivity contribution is -0.138. The van der Waals surface area contributed by atoms with Gasteiger partial charge in [-0.2, -0.15) is 5.10 Å². The monoisotopic (exact) mass is 377 g/mol. The lowest BCUT2D eigenvalue weighted by atomic mass is 10.1. The predicted octanol–water partition coefficient (Wildman–Crippen LogP) is 1.94. The second kappa shape index (κ2) is 7.59. The summed E-state index contributed by atoms with van der Waals surface area (Å²) in [5, 5.41) is 13.6. The quantitative estimate of drug-likeness (QED) is 0.704. The number of rotatable bonds is 6. The fourth-order valence-corrected chi connectivity index (χ4v) is 3.42. The van der Waals surface area contributed by atoms with Crippen LogP contribution < -0.4 is 0 Å². The van der Waals surface area contributed by atoms with Crippen molar-refractivity contribution in [1.82, 2.24) is 24.6 Å². The van der Waals surface area contributed by atoms with Gasteiger partial charge in [-0.1, -0.05) is 36.4 Å². The molecule has 2 aromatic heterocycles. The maximum Gasteiger partial charge on any atom is 0.325 e. The van der Waals surface area contributed by atoms with Crippen LogP contribution in [0.5, 0.6) is 0 Å². The third-order valence-corrected chi connectivity index (χ3v) is 4.69. The van der Waals surface area contributed by atoms with Gasteiger partial charge in [0.1, 0.15) is 12.4 Å². The molecule has 0 bridgehead atoms.